The van der Waals surface area contributed by atoms with Gasteiger partial charge in [0.15, 0.2) is 0 Å². The average Bonchev–Trinajstić information content (AvgIpc) is 2.34. The SMILES string of the molecule is CCC1(NS(=O)(=O)c2ccccc2C(N)=S)CCC1. The van der Waals surface area contributed by atoms with Gasteiger partial charge in [0.1, 0.15) is 4.99 Å². The van der Waals surface area contributed by atoms with E-state index in [1.165, 1.54) is 0 Å². The topological polar surface area (TPSA) is 72.2 Å². The fourth-order valence-electron chi connectivity index (χ4n) is 2.38. The van der Waals surface area contributed by atoms with Gasteiger partial charge in [-0.05, 0) is 31.7 Å². The molecule has 0 radical (unpaired) electrons. The summed E-state index contributed by atoms with van der Waals surface area (Å²) in [6.45, 7) is 2.00. The molecule has 0 aromatic heterocycles. The maximum atomic E-state index is 12.5. The van der Waals surface area contributed by atoms with E-state index in [-0.39, 0.29) is 15.4 Å². The largest absolute Gasteiger partial charge is 0.389 e. The lowest BCUT2D eigenvalue weighted by Gasteiger charge is -2.41. The third-order valence-corrected chi connectivity index (χ3v) is 5.64. The molecule has 0 unspecified atom stereocenters. The van der Waals surface area contributed by atoms with Crippen molar-refractivity contribution in [2.24, 2.45) is 5.73 Å². The molecule has 0 aliphatic heterocycles. The van der Waals surface area contributed by atoms with Crippen molar-refractivity contribution >= 4 is 27.2 Å². The van der Waals surface area contributed by atoms with Gasteiger partial charge in [-0.1, -0.05) is 37.3 Å². The Hall–Kier alpha value is -0.980. The summed E-state index contributed by atoms with van der Waals surface area (Å²) < 4.78 is 27.8. The number of sulfonamides is 1. The molecule has 6 heteroatoms. The minimum Gasteiger partial charge on any atom is -0.389 e. The Balaban J connectivity index is 2.37. The maximum Gasteiger partial charge on any atom is 0.241 e. The highest BCUT2D eigenvalue weighted by Crippen LogP contribution is 2.36. The first kappa shape index (κ1) is 14.4. The monoisotopic (exact) mass is 298 g/mol. The van der Waals surface area contributed by atoms with E-state index in [2.05, 4.69) is 4.72 Å². The quantitative estimate of drug-likeness (QED) is 0.815. The van der Waals surface area contributed by atoms with Crippen LogP contribution in [0.1, 0.15) is 38.2 Å². The van der Waals surface area contributed by atoms with Crippen molar-refractivity contribution < 1.29 is 8.42 Å². The first-order chi connectivity index (χ1) is 8.90. The number of thiocarbonyl (C=S) groups is 1. The van der Waals surface area contributed by atoms with E-state index in [1.54, 1.807) is 24.3 Å². The van der Waals surface area contributed by atoms with Crippen LogP contribution in [0.25, 0.3) is 0 Å². The Kier molecular flexibility index (Phi) is 3.94. The molecule has 0 bridgehead atoms. The molecule has 0 amide bonds. The zero-order chi connectivity index (χ0) is 14.1. The van der Waals surface area contributed by atoms with E-state index in [0.29, 0.717) is 5.56 Å². The van der Waals surface area contributed by atoms with Gasteiger partial charge >= 0.3 is 0 Å². The summed E-state index contributed by atoms with van der Waals surface area (Å²) in [5.74, 6) is 0. The van der Waals surface area contributed by atoms with Gasteiger partial charge in [0.2, 0.25) is 10.0 Å². The van der Waals surface area contributed by atoms with Gasteiger partial charge in [0.25, 0.3) is 0 Å². The molecule has 1 aliphatic rings. The van der Waals surface area contributed by atoms with Crippen molar-refractivity contribution in [1.29, 1.82) is 0 Å². The van der Waals surface area contributed by atoms with Crippen molar-refractivity contribution in [3.05, 3.63) is 29.8 Å². The minimum atomic E-state index is -3.58. The molecule has 2 rings (SSSR count). The summed E-state index contributed by atoms with van der Waals surface area (Å²) in [6, 6.07) is 6.58. The standard InChI is InChI=1S/C13H18N2O2S2/c1-2-13(8-5-9-13)15-19(16,17)11-7-4-3-6-10(11)12(14)18/h3-4,6-7,15H,2,5,8-9H2,1H3,(H2,14,18). The summed E-state index contributed by atoms with van der Waals surface area (Å²) in [5.41, 5.74) is 5.70. The van der Waals surface area contributed by atoms with E-state index < -0.39 is 10.0 Å². The molecule has 1 saturated carbocycles. The summed E-state index contributed by atoms with van der Waals surface area (Å²) in [6.07, 6.45) is 3.63. The van der Waals surface area contributed by atoms with E-state index in [0.717, 1.165) is 25.7 Å². The van der Waals surface area contributed by atoms with Crippen molar-refractivity contribution in [3.8, 4) is 0 Å². The highest BCUT2D eigenvalue weighted by atomic mass is 32.2. The Morgan fingerprint density at radius 3 is 2.53 bits per heavy atom. The van der Waals surface area contributed by atoms with Gasteiger partial charge in [0, 0.05) is 11.1 Å². The highest BCUT2D eigenvalue weighted by molar-refractivity contribution is 7.89. The molecular formula is C13H18N2O2S2. The Morgan fingerprint density at radius 2 is 2.05 bits per heavy atom. The number of nitrogens with two attached hydrogens (primary N) is 1. The van der Waals surface area contributed by atoms with Crippen molar-refractivity contribution in [3.63, 3.8) is 0 Å². The van der Waals surface area contributed by atoms with Crippen LogP contribution in [0.4, 0.5) is 0 Å². The van der Waals surface area contributed by atoms with Crippen molar-refractivity contribution in [2.75, 3.05) is 0 Å². The molecule has 1 aromatic carbocycles. The molecule has 104 valence electrons. The van der Waals surface area contributed by atoms with E-state index in [1.807, 2.05) is 6.92 Å². The third-order valence-electron chi connectivity index (χ3n) is 3.78. The smallest absolute Gasteiger partial charge is 0.241 e. The second-order valence-corrected chi connectivity index (χ2v) is 7.04. The normalized spacial score (nSPS) is 17.7. The second-order valence-electron chi connectivity index (χ2n) is 4.95. The Morgan fingerprint density at radius 1 is 1.42 bits per heavy atom. The first-order valence-electron chi connectivity index (χ1n) is 6.33. The number of hydrogen-bond donors (Lipinski definition) is 2. The van der Waals surface area contributed by atoms with E-state index in [9.17, 15) is 8.42 Å². The van der Waals surface area contributed by atoms with Crippen LogP contribution in [-0.4, -0.2) is 18.9 Å². The zero-order valence-corrected chi connectivity index (χ0v) is 12.5. The molecule has 19 heavy (non-hydrogen) atoms. The molecule has 3 N–H and O–H groups in total. The number of benzene rings is 1. The van der Waals surface area contributed by atoms with Crippen LogP contribution in [0.3, 0.4) is 0 Å². The maximum absolute atomic E-state index is 12.5. The van der Waals surface area contributed by atoms with Crippen molar-refractivity contribution in [1.82, 2.24) is 4.72 Å². The van der Waals surface area contributed by atoms with E-state index >= 15 is 0 Å². The van der Waals surface area contributed by atoms with E-state index in [4.69, 9.17) is 18.0 Å². The van der Waals surface area contributed by atoms with Gasteiger partial charge in [-0.15, -0.1) is 0 Å². The summed E-state index contributed by atoms with van der Waals surface area (Å²) in [4.78, 5) is 0.266. The van der Waals surface area contributed by atoms with Crippen molar-refractivity contribution in [2.45, 2.75) is 43.0 Å². The van der Waals surface area contributed by atoms with Crippen LogP contribution >= 0.6 is 12.2 Å². The van der Waals surface area contributed by atoms with Crippen LogP contribution in [0, 0.1) is 0 Å². The molecule has 1 fully saturated rings. The second kappa shape index (κ2) is 5.19. The number of rotatable bonds is 5. The molecule has 1 aliphatic carbocycles. The number of hydrogen-bond acceptors (Lipinski definition) is 3. The highest BCUT2D eigenvalue weighted by Gasteiger charge is 2.39. The fourth-order valence-corrected chi connectivity index (χ4v) is 4.37. The minimum absolute atomic E-state index is 0.0973. The predicted octanol–water partition coefficient (Wildman–Crippen LogP) is 1.93. The van der Waals surface area contributed by atoms with Crippen LogP contribution in [0.5, 0.6) is 0 Å². The first-order valence-corrected chi connectivity index (χ1v) is 8.22. The molecule has 4 nitrogen and oxygen atoms in total. The van der Waals surface area contributed by atoms with Crippen LogP contribution in [0.15, 0.2) is 29.2 Å². The van der Waals surface area contributed by atoms with Gasteiger partial charge in [0.05, 0.1) is 4.90 Å². The summed E-state index contributed by atoms with van der Waals surface area (Å²) in [5, 5.41) is 0. The van der Waals surface area contributed by atoms with Crippen LogP contribution in [-0.2, 0) is 10.0 Å². The molecular weight excluding hydrogens is 280 g/mol. The lowest BCUT2D eigenvalue weighted by Crippen LogP contribution is -2.53. The average molecular weight is 298 g/mol. The summed E-state index contributed by atoms with van der Waals surface area (Å²) >= 11 is 4.92. The number of nitrogens with one attached hydrogen (secondary N) is 1. The van der Waals surface area contributed by atoms with Crippen LogP contribution in [0.2, 0.25) is 0 Å². The van der Waals surface area contributed by atoms with Crippen LogP contribution < -0.4 is 10.5 Å². The summed E-state index contributed by atoms with van der Waals surface area (Å²) in [7, 11) is -3.58. The van der Waals surface area contributed by atoms with Gasteiger partial charge < -0.3 is 5.73 Å². The molecule has 1 aromatic rings. The molecule has 0 atom stereocenters. The lowest BCUT2D eigenvalue weighted by molar-refractivity contribution is 0.214. The Labute approximate surface area is 119 Å². The predicted molar refractivity (Wildman–Crippen MR) is 79.5 cm³/mol. The molecule has 0 spiro atoms. The molecule has 0 heterocycles. The Bertz CT molecular complexity index is 587. The van der Waals surface area contributed by atoms with Gasteiger partial charge in [-0.25, -0.2) is 13.1 Å². The lowest BCUT2D eigenvalue weighted by atomic mass is 9.76. The van der Waals surface area contributed by atoms with Gasteiger partial charge in [-0.3, -0.25) is 0 Å². The fraction of sp³-hybridized carbons (Fsp3) is 0.462. The van der Waals surface area contributed by atoms with Gasteiger partial charge in [-0.2, -0.15) is 0 Å². The zero-order valence-electron chi connectivity index (χ0n) is 10.8. The third kappa shape index (κ3) is 2.80. The molecule has 0 saturated heterocycles.